The maximum Gasteiger partial charge on any atom is 0.0885 e. The average molecular weight is 292 g/mol. The summed E-state index contributed by atoms with van der Waals surface area (Å²) in [6, 6.07) is 5.98. The third kappa shape index (κ3) is 4.17. The fourth-order valence-electron chi connectivity index (χ4n) is 1.97. The van der Waals surface area contributed by atoms with Crippen LogP contribution < -0.4 is 4.90 Å². The van der Waals surface area contributed by atoms with Gasteiger partial charge in [-0.05, 0) is 43.2 Å². The lowest BCUT2D eigenvalue weighted by Gasteiger charge is -2.28. The first-order valence-electron chi connectivity index (χ1n) is 6.51. The molecular weight excluding hydrogens is 270 g/mol. The molecule has 108 valence electrons. The number of hydrogen-bond acceptors (Lipinski definition) is 2. The molecule has 1 rings (SSSR count). The third-order valence-electron chi connectivity index (χ3n) is 3.33. The molecule has 0 aliphatic carbocycles. The van der Waals surface area contributed by atoms with Gasteiger partial charge in [-0.3, -0.25) is 0 Å². The van der Waals surface area contributed by atoms with Crippen molar-refractivity contribution in [3.8, 4) is 0 Å². The Hall–Kier alpha value is -1.67. The van der Waals surface area contributed by atoms with Crippen molar-refractivity contribution >= 4 is 23.4 Å². The molecule has 3 heteroatoms. The van der Waals surface area contributed by atoms with Gasteiger partial charge in [-0.15, -0.1) is 6.58 Å². The Balaban J connectivity index is 2.99. The molecule has 1 atom stereocenters. The Morgan fingerprint density at radius 1 is 1.45 bits per heavy atom. The van der Waals surface area contributed by atoms with Gasteiger partial charge >= 0.3 is 0 Å². The van der Waals surface area contributed by atoms with Crippen LogP contribution >= 0.6 is 11.6 Å². The summed E-state index contributed by atoms with van der Waals surface area (Å²) in [7, 11) is 3.71. The SMILES string of the molecule is C=Cc1cc(Cl)ccc1N(C)C(C=C)C/C=C(\C)OC. The molecule has 0 N–H and O–H groups in total. The van der Waals surface area contributed by atoms with E-state index in [1.54, 1.807) is 7.11 Å². The molecule has 2 nitrogen and oxygen atoms in total. The zero-order valence-corrected chi connectivity index (χ0v) is 13.2. The van der Waals surface area contributed by atoms with E-state index in [2.05, 4.69) is 24.1 Å². The van der Waals surface area contributed by atoms with Crippen molar-refractivity contribution in [1.29, 1.82) is 0 Å². The van der Waals surface area contributed by atoms with Gasteiger partial charge in [0.15, 0.2) is 0 Å². The van der Waals surface area contributed by atoms with Gasteiger partial charge in [-0.2, -0.15) is 0 Å². The van der Waals surface area contributed by atoms with Crippen molar-refractivity contribution in [3.63, 3.8) is 0 Å². The van der Waals surface area contributed by atoms with Gasteiger partial charge in [-0.1, -0.05) is 30.3 Å². The van der Waals surface area contributed by atoms with Crippen molar-refractivity contribution in [2.75, 3.05) is 19.1 Å². The van der Waals surface area contributed by atoms with E-state index in [1.165, 1.54) is 0 Å². The number of ether oxygens (including phenoxy) is 1. The molecule has 0 fully saturated rings. The normalized spacial score (nSPS) is 12.7. The molecule has 0 bridgehead atoms. The first kappa shape index (κ1) is 16.4. The van der Waals surface area contributed by atoms with Gasteiger partial charge in [0.2, 0.25) is 0 Å². The molecule has 0 saturated carbocycles. The van der Waals surface area contributed by atoms with E-state index in [-0.39, 0.29) is 6.04 Å². The summed E-state index contributed by atoms with van der Waals surface area (Å²) in [5.41, 5.74) is 2.09. The van der Waals surface area contributed by atoms with E-state index in [9.17, 15) is 0 Å². The van der Waals surface area contributed by atoms with Crippen LogP contribution in [0.1, 0.15) is 18.9 Å². The summed E-state index contributed by atoms with van der Waals surface area (Å²) < 4.78 is 5.17. The Kier molecular flexibility index (Phi) is 6.40. The van der Waals surface area contributed by atoms with Crippen LogP contribution in [0.2, 0.25) is 5.02 Å². The van der Waals surface area contributed by atoms with Crippen LogP contribution in [0, 0.1) is 0 Å². The van der Waals surface area contributed by atoms with Gasteiger partial charge < -0.3 is 9.64 Å². The van der Waals surface area contributed by atoms with Crippen molar-refractivity contribution in [3.05, 3.63) is 59.9 Å². The van der Waals surface area contributed by atoms with Crippen LogP contribution in [0.25, 0.3) is 6.08 Å². The minimum absolute atomic E-state index is 0.181. The summed E-state index contributed by atoms with van der Waals surface area (Å²) in [6.07, 6.45) is 6.64. The molecule has 0 aliphatic rings. The number of methoxy groups -OCH3 is 1. The topological polar surface area (TPSA) is 12.5 Å². The van der Waals surface area contributed by atoms with Crippen molar-refractivity contribution in [2.45, 2.75) is 19.4 Å². The van der Waals surface area contributed by atoms with Crippen LogP contribution in [0.4, 0.5) is 5.69 Å². The second-order valence-corrected chi connectivity index (χ2v) is 5.01. The van der Waals surface area contributed by atoms with Crippen molar-refractivity contribution in [2.24, 2.45) is 0 Å². The van der Waals surface area contributed by atoms with Gasteiger partial charge in [0.05, 0.1) is 18.9 Å². The highest BCUT2D eigenvalue weighted by Gasteiger charge is 2.13. The molecule has 1 unspecified atom stereocenters. The molecule has 0 aliphatic heterocycles. The van der Waals surface area contributed by atoms with Crippen LogP contribution in [0.15, 0.2) is 49.3 Å². The minimum atomic E-state index is 0.181. The van der Waals surface area contributed by atoms with Gasteiger partial charge in [0.1, 0.15) is 0 Å². The molecule has 0 radical (unpaired) electrons. The maximum atomic E-state index is 6.02. The summed E-state index contributed by atoms with van der Waals surface area (Å²) in [4.78, 5) is 2.17. The number of rotatable bonds is 7. The summed E-state index contributed by atoms with van der Waals surface area (Å²) in [5.74, 6) is 0.908. The molecule has 1 aromatic carbocycles. The average Bonchev–Trinajstić information content (AvgIpc) is 2.46. The number of halogens is 1. The fraction of sp³-hybridized carbons (Fsp3) is 0.294. The van der Waals surface area contributed by atoms with Gasteiger partial charge in [0.25, 0.3) is 0 Å². The third-order valence-corrected chi connectivity index (χ3v) is 3.56. The number of anilines is 1. The Bertz CT molecular complexity index is 508. The van der Waals surface area contributed by atoms with Gasteiger partial charge in [-0.25, -0.2) is 0 Å². The highest BCUT2D eigenvalue weighted by Crippen LogP contribution is 2.27. The molecule has 1 aromatic rings. The lowest BCUT2D eigenvalue weighted by Crippen LogP contribution is -2.29. The number of hydrogen-bond donors (Lipinski definition) is 0. The molecule has 0 aromatic heterocycles. The minimum Gasteiger partial charge on any atom is -0.502 e. The largest absolute Gasteiger partial charge is 0.502 e. The van der Waals surface area contributed by atoms with Gasteiger partial charge in [0, 0.05) is 17.8 Å². The van der Waals surface area contributed by atoms with Crippen LogP contribution in [-0.4, -0.2) is 20.2 Å². The smallest absolute Gasteiger partial charge is 0.0885 e. The first-order valence-corrected chi connectivity index (χ1v) is 6.89. The highest BCUT2D eigenvalue weighted by atomic mass is 35.5. The first-order chi connectivity index (χ1) is 9.53. The fourth-order valence-corrected chi connectivity index (χ4v) is 2.15. The van der Waals surface area contributed by atoms with Crippen LogP contribution in [0.3, 0.4) is 0 Å². The maximum absolute atomic E-state index is 6.02. The van der Waals surface area contributed by atoms with Crippen LogP contribution in [-0.2, 0) is 4.74 Å². The Labute approximate surface area is 127 Å². The Morgan fingerprint density at radius 2 is 2.15 bits per heavy atom. The summed E-state index contributed by atoms with van der Waals surface area (Å²) in [6.45, 7) is 9.71. The monoisotopic (exact) mass is 291 g/mol. The zero-order chi connectivity index (χ0) is 15.1. The predicted molar refractivity (Wildman–Crippen MR) is 89.3 cm³/mol. The van der Waals surface area contributed by atoms with E-state index in [1.807, 2.05) is 44.3 Å². The lowest BCUT2D eigenvalue weighted by molar-refractivity contribution is 0.291. The standard InChI is InChI=1S/C17H22ClNO/c1-6-14-12-15(18)9-11-17(14)19(4)16(7-2)10-8-13(3)20-5/h6-9,11-12,16H,1-2,10H2,3-5H3/b13-8+. The van der Waals surface area contributed by atoms with Crippen LogP contribution in [0.5, 0.6) is 0 Å². The lowest BCUT2D eigenvalue weighted by atomic mass is 10.1. The Morgan fingerprint density at radius 3 is 2.70 bits per heavy atom. The molecule has 0 saturated heterocycles. The highest BCUT2D eigenvalue weighted by molar-refractivity contribution is 6.30. The van der Waals surface area contributed by atoms with Crippen molar-refractivity contribution < 1.29 is 4.74 Å². The summed E-state index contributed by atoms with van der Waals surface area (Å²) in [5, 5.41) is 0.710. The predicted octanol–water partition coefficient (Wildman–Crippen LogP) is 4.91. The summed E-state index contributed by atoms with van der Waals surface area (Å²) >= 11 is 6.02. The second-order valence-electron chi connectivity index (χ2n) is 4.58. The number of allylic oxidation sites excluding steroid dienone is 1. The molecule has 0 amide bonds. The van der Waals surface area contributed by atoms with E-state index in [0.29, 0.717) is 5.02 Å². The molecular formula is C17H22ClNO. The second kappa shape index (κ2) is 7.81. The van der Waals surface area contributed by atoms with E-state index in [4.69, 9.17) is 16.3 Å². The molecule has 0 spiro atoms. The van der Waals surface area contributed by atoms with E-state index < -0.39 is 0 Å². The van der Waals surface area contributed by atoms with E-state index >= 15 is 0 Å². The number of benzene rings is 1. The molecule has 20 heavy (non-hydrogen) atoms. The number of likely N-dealkylation sites (N-methyl/N-ethyl adjacent to an activating group) is 1. The van der Waals surface area contributed by atoms with E-state index in [0.717, 1.165) is 23.4 Å². The van der Waals surface area contributed by atoms with Crippen molar-refractivity contribution in [1.82, 2.24) is 0 Å². The molecule has 0 heterocycles. The quantitative estimate of drug-likeness (QED) is 0.522. The zero-order valence-electron chi connectivity index (χ0n) is 12.4. The number of nitrogens with zero attached hydrogens (tertiary/aromatic N) is 1.